The maximum Gasteiger partial charge on any atom is 0.225 e. The molecule has 7 nitrogen and oxygen atoms in total. The van der Waals surface area contributed by atoms with Crippen molar-refractivity contribution in [2.24, 2.45) is 0 Å². The van der Waals surface area contributed by atoms with Crippen molar-refractivity contribution in [3.05, 3.63) is 0 Å². The number of hydrogen-bond acceptors (Lipinski definition) is 8. The van der Waals surface area contributed by atoms with Crippen LogP contribution in [0.15, 0.2) is 5.16 Å². The highest BCUT2D eigenvalue weighted by molar-refractivity contribution is 7.99. The number of thioether (sulfide) groups is 1. The molecule has 120 valence electrons. The van der Waals surface area contributed by atoms with Crippen molar-refractivity contribution in [3.8, 4) is 0 Å². The van der Waals surface area contributed by atoms with E-state index in [0.717, 1.165) is 47.1 Å². The monoisotopic (exact) mass is 321 g/mol. The zero-order chi connectivity index (χ0) is 15.9. The lowest BCUT2D eigenvalue weighted by atomic mass is 10.3. The van der Waals surface area contributed by atoms with Crippen LogP contribution in [0.25, 0.3) is 11.0 Å². The fourth-order valence-corrected chi connectivity index (χ4v) is 2.62. The van der Waals surface area contributed by atoms with Crippen molar-refractivity contribution in [2.45, 2.75) is 31.8 Å². The summed E-state index contributed by atoms with van der Waals surface area (Å²) in [7, 11) is 3.68. The van der Waals surface area contributed by atoms with Gasteiger partial charge in [0.05, 0.1) is 0 Å². The fraction of sp³-hybridized carbons (Fsp3) is 0.571. The Kier molecular flexibility index (Phi) is 6.00. The summed E-state index contributed by atoms with van der Waals surface area (Å²) in [5.41, 5.74) is 1.46. The molecule has 0 bridgehead atoms. The van der Waals surface area contributed by atoms with Crippen molar-refractivity contribution < 1.29 is 0 Å². The van der Waals surface area contributed by atoms with Gasteiger partial charge in [0.25, 0.3) is 0 Å². The van der Waals surface area contributed by atoms with E-state index >= 15 is 0 Å². The molecule has 0 radical (unpaired) electrons. The van der Waals surface area contributed by atoms with Crippen LogP contribution in [0.3, 0.4) is 0 Å². The van der Waals surface area contributed by atoms with Gasteiger partial charge in [0.2, 0.25) is 5.95 Å². The second-order valence-electron chi connectivity index (χ2n) is 4.72. The smallest absolute Gasteiger partial charge is 0.225 e. The second-order valence-corrected chi connectivity index (χ2v) is 5.79. The van der Waals surface area contributed by atoms with Crippen LogP contribution in [0.2, 0.25) is 0 Å². The maximum absolute atomic E-state index is 4.61. The van der Waals surface area contributed by atoms with Gasteiger partial charge in [-0.05, 0) is 12.8 Å². The number of aromatic nitrogens is 4. The average Bonchev–Trinajstić information content (AvgIpc) is 2.56. The molecule has 0 saturated heterocycles. The molecule has 0 atom stereocenters. The summed E-state index contributed by atoms with van der Waals surface area (Å²) in [5, 5.41) is 10.2. The van der Waals surface area contributed by atoms with E-state index in [1.165, 1.54) is 0 Å². The topological polar surface area (TPSA) is 87.7 Å². The zero-order valence-corrected chi connectivity index (χ0v) is 14.3. The number of nitrogens with one attached hydrogen (secondary N) is 3. The van der Waals surface area contributed by atoms with E-state index in [4.69, 9.17) is 0 Å². The summed E-state index contributed by atoms with van der Waals surface area (Å²) in [6.45, 7) is 5.07. The van der Waals surface area contributed by atoms with Crippen molar-refractivity contribution >= 4 is 40.4 Å². The SMILES string of the molecule is CCCNc1nc(NC)c2nc(SCCC)nc(NC)c2n1. The Labute approximate surface area is 135 Å². The zero-order valence-electron chi connectivity index (χ0n) is 13.5. The summed E-state index contributed by atoms with van der Waals surface area (Å²) >= 11 is 1.64. The second kappa shape index (κ2) is 7.98. The minimum Gasteiger partial charge on any atom is -0.371 e. The van der Waals surface area contributed by atoms with E-state index < -0.39 is 0 Å². The third-order valence-corrected chi connectivity index (χ3v) is 4.02. The molecule has 0 spiro atoms. The number of fused-ring (bicyclic) bond motifs is 1. The van der Waals surface area contributed by atoms with Gasteiger partial charge >= 0.3 is 0 Å². The third-order valence-electron chi connectivity index (χ3n) is 2.97. The Hall–Kier alpha value is -1.83. The van der Waals surface area contributed by atoms with Gasteiger partial charge < -0.3 is 16.0 Å². The van der Waals surface area contributed by atoms with E-state index in [1.54, 1.807) is 11.8 Å². The molecule has 0 aromatic carbocycles. The lowest BCUT2D eigenvalue weighted by Gasteiger charge is -2.12. The van der Waals surface area contributed by atoms with Gasteiger partial charge in [-0.1, -0.05) is 25.6 Å². The largest absolute Gasteiger partial charge is 0.371 e. The normalized spacial score (nSPS) is 10.7. The molecule has 0 aliphatic heterocycles. The van der Waals surface area contributed by atoms with Gasteiger partial charge in [-0.3, -0.25) is 0 Å². The molecule has 0 aliphatic carbocycles. The predicted molar refractivity (Wildman–Crippen MR) is 94.0 cm³/mol. The molecule has 0 fully saturated rings. The Morgan fingerprint density at radius 1 is 0.864 bits per heavy atom. The first kappa shape index (κ1) is 16.5. The van der Waals surface area contributed by atoms with Gasteiger partial charge in [-0.15, -0.1) is 0 Å². The van der Waals surface area contributed by atoms with Gasteiger partial charge in [0, 0.05) is 26.4 Å². The number of anilines is 3. The minimum atomic E-state index is 0.591. The van der Waals surface area contributed by atoms with Crippen LogP contribution in [0.5, 0.6) is 0 Å². The van der Waals surface area contributed by atoms with Crippen molar-refractivity contribution in [1.82, 2.24) is 19.9 Å². The van der Waals surface area contributed by atoms with Crippen molar-refractivity contribution in [3.63, 3.8) is 0 Å². The van der Waals surface area contributed by atoms with Crippen LogP contribution in [0.4, 0.5) is 17.6 Å². The van der Waals surface area contributed by atoms with Crippen LogP contribution >= 0.6 is 11.8 Å². The first-order valence-corrected chi connectivity index (χ1v) is 8.54. The molecule has 2 aromatic rings. The molecular formula is C14H23N7S. The summed E-state index contributed by atoms with van der Waals surface area (Å²) in [6, 6.07) is 0. The van der Waals surface area contributed by atoms with E-state index in [1.807, 2.05) is 14.1 Å². The van der Waals surface area contributed by atoms with Crippen LogP contribution in [-0.2, 0) is 0 Å². The predicted octanol–water partition coefficient (Wildman–Crippen LogP) is 2.83. The van der Waals surface area contributed by atoms with Crippen molar-refractivity contribution in [2.75, 3.05) is 42.3 Å². The molecule has 0 saturated carbocycles. The van der Waals surface area contributed by atoms with Crippen LogP contribution in [0, 0.1) is 0 Å². The van der Waals surface area contributed by atoms with Crippen LogP contribution in [-0.4, -0.2) is 46.3 Å². The standard InChI is InChI=1S/C14H23N7S/c1-5-7-17-13-18-9-10(11(15-3)20-13)19-14(22-8-6-2)21-12(9)16-4/h5-8H2,1-4H3,(H,16,19,21)(H2,15,17,18,20). The van der Waals surface area contributed by atoms with Crippen molar-refractivity contribution in [1.29, 1.82) is 0 Å². The molecule has 2 rings (SSSR count). The molecule has 0 unspecified atom stereocenters. The molecular weight excluding hydrogens is 298 g/mol. The van der Waals surface area contributed by atoms with E-state index in [2.05, 4.69) is 49.7 Å². The minimum absolute atomic E-state index is 0.591. The summed E-state index contributed by atoms with van der Waals surface area (Å²) in [5.74, 6) is 3.01. The summed E-state index contributed by atoms with van der Waals surface area (Å²) in [6.07, 6.45) is 2.09. The lowest BCUT2D eigenvalue weighted by molar-refractivity contribution is 0.949. The maximum atomic E-state index is 4.61. The first-order chi connectivity index (χ1) is 10.7. The molecule has 8 heteroatoms. The molecule has 0 aliphatic rings. The highest BCUT2D eigenvalue weighted by Crippen LogP contribution is 2.28. The van der Waals surface area contributed by atoms with Gasteiger partial charge in [0.15, 0.2) is 16.8 Å². The summed E-state index contributed by atoms with van der Waals surface area (Å²) in [4.78, 5) is 18.2. The molecule has 0 amide bonds. The number of hydrogen-bond donors (Lipinski definition) is 3. The van der Waals surface area contributed by atoms with Crippen LogP contribution < -0.4 is 16.0 Å². The van der Waals surface area contributed by atoms with E-state index in [0.29, 0.717) is 11.8 Å². The highest BCUT2D eigenvalue weighted by Gasteiger charge is 2.14. The number of nitrogens with zero attached hydrogens (tertiary/aromatic N) is 4. The average molecular weight is 321 g/mol. The Morgan fingerprint density at radius 3 is 2.18 bits per heavy atom. The molecule has 2 heterocycles. The fourth-order valence-electron chi connectivity index (χ4n) is 1.92. The highest BCUT2D eigenvalue weighted by atomic mass is 32.2. The quantitative estimate of drug-likeness (QED) is 0.505. The Balaban J connectivity index is 2.53. The van der Waals surface area contributed by atoms with Gasteiger partial charge in [-0.25, -0.2) is 15.0 Å². The molecule has 3 N–H and O–H groups in total. The Morgan fingerprint density at radius 2 is 1.55 bits per heavy atom. The van der Waals surface area contributed by atoms with E-state index in [9.17, 15) is 0 Å². The first-order valence-electron chi connectivity index (χ1n) is 7.55. The van der Waals surface area contributed by atoms with Gasteiger partial charge in [0.1, 0.15) is 11.0 Å². The molecule has 2 aromatic heterocycles. The third kappa shape index (κ3) is 3.68. The summed E-state index contributed by atoms with van der Waals surface area (Å²) < 4.78 is 0. The van der Waals surface area contributed by atoms with Gasteiger partial charge in [-0.2, -0.15) is 4.98 Å². The number of rotatable bonds is 8. The van der Waals surface area contributed by atoms with Crippen LogP contribution in [0.1, 0.15) is 26.7 Å². The molecule has 22 heavy (non-hydrogen) atoms. The lowest BCUT2D eigenvalue weighted by Crippen LogP contribution is -2.09. The Bertz CT molecular complexity index is 577. The van der Waals surface area contributed by atoms with E-state index in [-0.39, 0.29) is 0 Å².